The highest BCUT2D eigenvalue weighted by Gasteiger charge is 2.69. The SMILES string of the molecule is CC#C[C@]1(O)CCC2C3CC=C4CC5(CCC4C3C(O)(CC)C[C@@]21CC)OCCO5. The van der Waals surface area contributed by atoms with E-state index in [1.807, 2.05) is 6.92 Å². The Hall–Kier alpha value is -0.860. The Balaban J connectivity index is 1.54. The van der Waals surface area contributed by atoms with Gasteiger partial charge in [0.1, 0.15) is 5.60 Å². The van der Waals surface area contributed by atoms with Crippen molar-refractivity contribution in [2.24, 2.45) is 29.1 Å². The number of ether oxygens (including phenoxy) is 2. The number of fused-ring (bicyclic) bond motifs is 5. The van der Waals surface area contributed by atoms with Crippen molar-refractivity contribution in [3.63, 3.8) is 0 Å². The normalized spacial score (nSPS) is 48.9. The Labute approximate surface area is 181 Å². The minimum Gasteiger partial charge on any atom is -0.390 e. The molecule has 0 amide bonds. The first-order chi connectivity index (χ1) is 14.4. The molecular formula is C26H38O4. The minimum absolute atomic E-state index is 0.267. The molecule has 0 aromatic rings. The molecule has 4 aliphatic carbocycles. The highest BCUT2D eigenvalue weighted by atomic mass is 16.7. The van der Waals surface area contributed by atoms with Gasteiger partial charge in [0.15, 0.2) is 5.79 Å². The van der Waals surface area contributed by atoms with Crippen LogP contribution >= 0.6 is 0 Å². The quantitative estimate of drug-likeness (QED) is 0.525. The summed E-state index contributed by atoms with van der Waals surface area (Å²) in [6, 6.07) is 0. The molecule has 30 heavy (non-hydrogen) atoms. The van der Waals surface area contributed by atoms with Gasteiger partial charge in [0.05, 0.1) is 18.8 Å². The monoisotopic (exact) mass is 414 g/mol. The average Bonchev–Trinajstić information content (AvgIpc) is 3.30. The van der Waals surface area contributed by atoms with E-state index in [9.17, 15) is 10.2 Å². The van der Waals surface area contributed by atoms with Gasteiger partial charge in [-0.25, -0.2) is 0 Å². The highest BCUT2D eigenvalue weighted by Crippen LogP contribution is 2.69. The number of hydrogen-bond donors (Lipinski definition) is 2. The fourth-order valence-electron chi connectivity index (χ4n) is 8.58. The number of hydrogen-bond acceptors (Lipinski definition) is 4. The van der Waals surface area contributed by atoms with E-state index in [0.717, 1.165) is 51.4 Å². The van der Waals surface area contributed by atoms with E-state index in [1.54, 1.807) is 0 Å². The molecule has 1 saturated heterocycles. The van der Waals surface area contributed by atoms with Gasteiger partial charge >= 0.3 is 0 Å². The fraction of sp³-hybridized carbons (Fsp3) is 0.846. The number of rotatable bonds is 2. The van der Waals surface area contributed by atoms with E-state index < -0.39 is 17.0 Å². The van der Waals surface area contributed by atoms with E-state index >= 15 is 0 Å². The lowest BCUT2D eigenvalue weighted by atomic mass is 9.45. The summed E-state index contributed by atoms with van der Waals surface area (Å²) in [5, 5.41) is 23.9. The third-order valence-electron chi connectivity index (χ3n) is 9.83. The van der Waals surface area contributed by atoms with Gasteiger partial charge in [0.2, 0.25) is 0 Å². The molecule has 7 atom stereocenters. The van der Waals surface area contributed by atoms with Crippen molar-refractivity contribution in [2.45, 2.75) is 95.5 Å². The van der Waals surface area contributed by atoms with Crippen molar-refractivity contribution < 1.29 is 19.7 Å². The Kier molecular flexibility index (Phi) is 4.95. The summed E-state index contributed by atoms with van der Waals surface area (Å²) in [5.74, 6) is 7.33. The molecule has 4 heteroatoms. The molecule has 166 valence electrons. The predicted octanol–water partition coefficient (Wildman–Crippen LogP) is 4.20. The zero-order valence-electron chi connectivity index (χ0n) is 18.9. The van der Waals surface area contributed by atoms with Gasteiger partial charge in [-0.3, -0.25) is 0 Å². The van der Waals surface area contributed by atoms with Crippen LogP contribution in [0.3, 0.4) is 0 Å². The third kappa shape index (κ3) is 2.68. The van der Waals surface area contributed by atoms with Gasteiger partial charge in [-0.2, -0.15) is 0 Å². The second-order valence-electron chi connectivity index (χ2n) is 10.7. The van der Waals surface area contributed by atoms with Crippen molar-refractivity contribution in [3.05, 3.63) is 11.6 Å². The predicted molar refractivity (Wildman–Crippen MR) is 115 cm³/mol. The molecule has 4 fully saturated rings. The van der Waals surface area contributed by atoms with Crippen LogP contribution in [0.25, 0.3) is 0 Å². The van der Waals surface area contributed by atoms with Crippen molar-refractivity contribution in [1.29, 1.82) is 0 Å². The second kappa shape index (κ2) is 7.07. The van der Waals surface area contributed by atoms with E-state index in [1.165, 1.54) is 5.57 Å². The summed E-state index contributed by atoms with van der Waals surface area (Å²) in [6.07, 6.45) is 10.3. The maximum absolute atomic E-state index is 12.2. The summed E-state index contributed by atoms with van der Waals surface area (Å²) in [7, 11) is 0. The van der Waals surface area contributed by atoms with Crippen LogP contribution in [0.4, 0.5) is 0 Å². The zero-order chi connectivity index (χ0) is 21.2. The molecule has 3 saturated carbocycles. The van der Waals surface area contributed by atoms with Crippen molar-refractivity contribution >= 4 is 0 Å². The lowest BCUT2D eigenvalue weighted by Crippen LogP contribution is -2.63. The van der Waals surface area contributed by atoms with Gasteiger partial charge in [-0.15, -0.1) is 5.92 Å². The average molecular weight is 415 g/mol. The van der Waals surface area contributed by atoms with Crippen LogP contribution in [0.5, 0.6) is 0 Å². The van der Waals surface area contributed by atoms with Crippen LogP contribution in [0.2, 0.25) is 0 Å². The van der Waals surface area contributed by atoms with Gasteiger partial charge in [-0.1, -0.05) is 31.4 Å². The van der Waals surface area contributed by atoms with Crippen LogP contribution in [-0.2, 0) is 9.47 Å². The molecule has 5 rings (SSSR count). The Morgan fingerprint density at radius 1 is 1.10 bits per heavy atom. The molecule has 0 bridgehead atoms. The third-order valence-corrected chi connectivity index (χ3v) is 9.83. The molecule has 5 unspecified atom stereocenters. The van der Waals surface area contributed by atoms with Crippen molar-refractivity contribution in [2.75, 3.05) is 13.2 Å². The fourth-order valence-corrected chi connectivity index (χ4v) is 8.58. The first-order valence-corrected chi connectivity index (χ1v) is 12.2. The second-order valence-corrected chi connectivity index (χ2v) is 10.7. The van der Waals surface area contributed by atoms with Gasteiger partial charge in [0.25, 0.3) is 0 Å². The molecule has 1 heterocycles. The van der Waals surface area contributed by atoms with E-state index in [0.29, 0.717) is 37.4 Å². The molecule has 0 radical (unpaired) electrons. The van der Waals surface area contributed by atoms with Crippen molar-refractivity contribution in [1.82, 2.24) is 0 Å². The minimum atomic E-state index is -0.971. The molecule has 1 aliphatic heterocycles. The first kappa shape index (κ1) is 21.0. The molecule has 0 aromatic carbocycles. The largest absolute Gasteiger partial charge is 0.390 e. The summed E-state index contributed by atoms with van der Waals surface area (Å²) >= 11 is 0. The first-order valence-electron chi connectivity index (χ1n) is 12.2. The Bertz CT molecular complexity index is 787. The van der Waals surface area contributed by atoms with E-state index in [-0.39, 0.29) is 11.3 Å². The van der Waals surface area contributed by atoms with Crippen LogP contribution in [0.15, 0.2) is 11.6 Å². The summed E-state index contributed by atoms with van der Waals surface area (Å²) in [5.41, 5.74) is -0.582. The topological polar surface area (TPSA) is 58.9 Å². The standard InChI is InChI=1S/C26H38O4/c1-4-11-25(28)12-10-21-20-8-7-18-16-26(29-14-15-30-26)13-9-19(18)22(20)24(27,6-3)17-23(21,25)5-2/h7,19-22,27-28H,5-6,8-10,12-17H2,1-3H3/t19?,20?,21?,22?,23-,24?,25-/m0/s1. The van der Waals surface area contributed by atoms with Crippen LogP contribution in [-0.4, -0.2) is 40.4 Å². The number of allylic oxidation sites excluding steroid dienone is 1. The van der Waals surface area contributed by atoms with Crippen LogP contribution in [0.1, 0.15) is 78.6 Å². The maximum Gasteiger partial charge on any atom is 0.172 e. The molecule has 0 aromatic heterocycles. The highest BCUT2D eigenvalue weighted by molar-refractivity contribution is 5.31. The Morgan fingerprint density at radius 2 is 1.87 bits per heavy atom. The zero-order valence-corrected chi connectivity index (χ0v) is 18.9. The Morgan fingerprint density at radius 3 is 2.53 bits per heavy atom. The van der Waals surface area contributed by atoms with Crippen LogP contribution in [0, 0.1) is 40.9 Å². The molecule has 1 spiro atoms. The number of aliphatic hydroxyl groups is 2. The maximum atomic E-state index is 12.2. The van der Waals surface area contributed by atoms with E-state index in [2.05, 4.69) is 31.8 Å². The smallest absolute Gasteiger partial charge is 0.172 e. The van der Waals surface area contributed by atoms with Gasteiger partial charge in [-0.05, 0) is 75.5 Å². The summed E-state index contributed by atoms with van der Waals surface area (Å²) in [4.78, 5) is 0. The summed E-state index contributed by atoms with van der Waals surface area (Å²) in [6.45, 7) is 7.54. The van der Waals surface area contributed by atoms with Gasteiger partial charge < -0.3 is 19.7 Å². The summed E-state index contributed by atoms with van der Waals surface area (Å²) < 4.78 is 12.1. The molecule has 2 N–H and O–H groups in total. The molecule has 5 aliphatic rings. The molecular weight excluding hydrogens is 376 g/mol. The lowest BCUT2D eigenvalue weighted by Gasteiger charge is -2.62. The van der Waals surface area contributed by atoms with Crippen LogP contribution < -0.4 is 0 Å². The molecule has 4 nitrogen and oxygen atoms in total. The van der Waals surface area contributed by atoms with Crippen molar-refractivity contribution in [3.8, 4) is 11.8 Å². The lowest BCUT2D eigenvalue weighted by molar-refractivity contribution is -0.211. The van der Waals surface area contributed by atoms with Gasteiger partial charge in [0, 0.05) is 18.3 Å². The van der Waals surface area contributed by atoms with E-state index in [4.69, 9.17) is 9.47 Å².